The Morgan fingerprint density at radius 1 is 1.47 bits per heavy atom. The van der Waals surface area contributed by atoms with Crippen LogP contribution in [0.3, 0.4) is 0 Å². The fraction of sp³-hybridized carbons (Fsp3) is 0.500. The van der Waals surface area contributed by atoms with Gasteiger partial charge in [0.05, 0.1) is 0 Å². The maximum Gasteiger partial charge on any atom is 0.320 e. The first-order chi connectivity index (χ1) is 8.04. The van der Waals surface area contributed by atoms with Gasteiger partial charge in [-0.1, -0.05) is 43.2 Å². The summed E-state index contributed by atoms with van der Waals surface area (Å²) in [5.41, 5.74) is 2.32. The van der Waals surface area contributed by atoms with Gasteiger partial charge in [-0.25, -0.2) is 0 Å². The minimum atomic E-state index is -0.772. The Labute approximate surface area is 103 Å². The van der Waals surface area contributed by atoms with E-state index < -0.39 is 12.0 Å². The fourth-order valence-corrected chi connectivity index (χ4v) is 1.90. The maximum atomic E-state index is 11.1. The van der Waals surface area contributed by atoms with Crippen molar-refractivity contribution in [3.63, 3.8) is 0 Å². The van der Waals surface area contributed by atoms with E-state index in [1.165, 1.54) is 5.56 Å². The van der Waals surface area contributed by atoms with Gasteiger partial charge >= 0.3 is 5.97 Å². The third-order valence-corrected chi connectivity index (χ3v) is 2.87. The SMILES string of the molecule is CCCC(NC(C)c1cccc(C)c1)C(=O)O. The Balaban J connectivity index is 2.69. The summed E-state index contributed by atoms with van der Waals surface area (Å²) < 4.78 is 0. The van der Waals surface area contributed by atoms with Gasteiger partial charge in [0.1, 0.15) is 6.04 Å². The number of benzene rings is 1. The molecular weight excluding hydrogens is 214 g/mol. The molecule has 0 aliphatic rings. The molecule has 1 aromatic carbocycles. The van der Waals surface area contributed by atoms with Gasteiger partial charge in [0, 0.05) is 6.04 Å². The number of carboxylic acids is 1. The quantitative estimate of drug-likeness (QED) is 0.797. The van der Waals surface area contributed by atoms with Gasteiger partial charge in [0.25, 0.3) is 0 Å². The van der Waals surface area contributed by atoms with Crippen LogP contribution in [0.25, 0.3) is 0 Å². The van der Waals surface area contributed by atoms with Gasteiger partial charge in [0.15, 0.2) is 0 Å². The highest BCUT2D eigenvalue weighted by atomic mass is 16.4. The third-order valence-electron chi connectivity index (χ3n) is 2.87. The van der Waals surface area contributed by atoms with Crippen LogP contribution in [0.2, 0.25) is 0 Å². The summed E-state index contributed by atoms with van der Waals surface area (Å²) in [6.07, 6.45) is 1.52. The molecule has 0 spiro atoms. The molecule has 0 aliphatic heterocycles. The van der Waals surface area contributed by atoms with Crippen molar-refractivity contribution in [2.75, 3.05) is 0 Å². The van der Waals surface area contributed by atoms with Crippen molar-refractivity contribution in [3.05, 3.63) is 35.4 Å². The van der Waals surface area contributed by atoms with Crippen LogP contribution in [0.4, 0.5) is 0 Å². The largest absolute Gasteiger partial charge is 0.480 e. The van der Waals surface area contributed by atoms with E-state index >= 15 is 0 Å². The van der Waals surface area contributed by atoms with Crippen LogP contribution in [0, 0.1) is 6.92 Å². The zero-order valence-corrected chi connectivity index (χ0v) is 10.7. The van der Waals surface area contributed by atoms with E-state index in [0.29, 0.717) is 6.42 Å². The van der Waals surface area contributed by atoms with E-state index in [1.54, 1.807) is 0 Å². The predicted octanol–water partition coefficient (Wildman–Crippen LogP) is 2.90. The second-order valence-electron chi connectivity index (χ2n) is 4.48. The molecule has 0 aromatic heterocycles. The highest BCUT2D eigenvalue weighted by Crippen LogP contribution is 2.15. The molecule has 0 saturated carbocycles. The first-order valence-corrected chi connectivity index (χ1v) is 6.10. The van der Waals surface area contributed by atoms with Crippen molar-refractivity contribution in [2.24, 2.45) is 0 Å². The lowest BCUT2D eigenvalue weighted by Gasteiger charge is -2.20. The Hall–Kier alpha value is -1.35. The topological polar surface area (TPSA) is 49.3 Å². The summed E-state index contributed by atoms with van der Waals surface area (Å²) in [5.74, 6) is -0.772. The number of carbonyl (C=O) groups is 1. The van der Waals surface area contributed by atoms with E-state index in [9.17, 15) is 4.79 Å². The average Bonchev–Trinajstić information content (AvgIpc) is 2.28. The Morgan fingerprint density at radius 3 is 2.71 bits per heavy atom. The van der Waals surface area contributed by atoms with Crippen LogP contribution in [-0.4, -0.2) is 17.1 Å². The Bertz CT molecular complexity index is 376. The number of aryl methyl sites for hydroxylation is 1. The highest BCUT2D eigenvalue weighted by molar-refractivity contribution is 5.73. The molecule has 2 atom stereocenters. The molecule has 17 heavy (non-hydrogen) atoms. The molecule has 1 aromatic rings. The van der Waals surface area contributed by atoms with Gasteiger partial charge in [0.2, 0.25) is 0 Å². The third kappa shape index (κ3) is 4.19. The van der Waals surface area contributed by atoms with Crippen LogP contribution >= 0.6 is 0 Å². The van der Waals surface area contributed by atoms with Crippen LogP contribution in [0.1, 0.15) is 43.9 Å². The normalized spacial score (nSPS) is 14.3. The molecule has 0 heterocycles. The van der Waals surface area contributed by atoms with Crippen molar-refractivity contribution < 1.29 is 9.90 Å². The molecule has 0 saturated heterocycles. The number of hydrogen-bond donors (Lipinski definition) is 2. The average molecular weight is 235 g/mol. The first-order valence-electron chi connectivity index (χ1n) is 6.10. The molecule has 3 heteroatoms. The molecule has 2 unspecified atom stereocenters. The monoisotopic (exact) mass is 235 g/mol. The summed E-state index contributed by atoms with van der Waals surface area (Å²) in [7, 11) is 0. The van der Waals surface area contributed by atoms with Crippen molar-refractivity contribution in [1.29, 1.82) is 0 Å². The zero-order valence-electron chi connectivity index (χ0n) is 10.7. The standard InChI is InChI=1S/C14H21NO2/c1-4-6-13(14(16)17)15-11(3)12-8-5-7-10(2)9-12/h5,7-9,11,13,15H,4,6H2,1-3H3,(H,16,17). The van der Waals surface area contributed by atoms with Gasteiger partial charge in [-0.15, -0.1) is 0 Å². The van der Waals surface area contributed by atoms with Crippen molar-refractivity contribution in [2.45, 2.75) is 45.7 Å². The molecule has 3 nitrogen and oxygen atoms in total. The number of nitrogens with one attached hydrogen (secondary N) is 1. The lowest BCUT2D eigenvalue weighted by atomic mass is 10.0. The Kier molecular flexibility index (Phi) is 5.16. The van der Waals surface area contributed by atoms with E-state index in [4.69, 9.17) is 5.11 Å². The first kappa shape index (κ1) is 13.7. The van der Waals surface area contributed by atoms with E-state index in [1.807, 2.05) is 39.0 Å². The summed E-state index contributed by atoms with van der Waals surface area (Å²) in [6, 6.07) is 7.74. The van der Waals surface area contributed by atoms with E-state index in [-0.39, 0.29) is 6.04 Å². The molecule has 0 aliphatic carbocycles. The van der Waals surface area contributed by atoms with Crippen LogP contribution < -0.4 is 5.32 Å². The smallest absolute Gasteiger partial charge is 0.320 e. The summed E-state index contributed by atoms with van der Waals surface area (Å²) in [4.78, 5) is 11.1. The van der Waals surface area contributed by atoms with Crippen molar-refractivity contribution in [3.8, 4) is 0 Å². The van der Waals surface area contributed by atoms with Crippen molar-refractivity contribution >= 4 is 5.97 Å². The van der Waals surface area contributed by atoms with Crippen LogP contribution in [0.5, 0.6) is 0 Å². The minimum absolute atomic E-state index is 0.0579. The fourth-order valence-electron chi connectivity index (χ4n) is 1.90. The predicted molar refractivity (Wildman–Crippen MR) is 69.1 cm³/mol. The van der Waals surface area contributed by atoms with Crippen LogP contribution in [0.15, 0.2) is 24.3 Å². The van der Waals surface area contributed by atoms with E-state index in [2.05, 4.69) is 11.4 Å². The summed E-state index contributed by atoms with van der Waals surface area (Å²) >= 11 is 0. The maximum absolute atomic E-state index is 11.1. The Morgan fingerprint density at radius 2 is 2.18 bits per heavy atom. The molecule has 0 radical (unpaired) electrons. The number of rotatable bonds is 6. The number of carboxylic acid groups (broad SMARTS) is 1. The van der Waals surface area contributed by atoms with E-state index in [0.717, 1.165) is 12.0 Å². The van der Waals surface area contributed by atoms with Gasteiger partial charge in [-0.05, 0) is 25.8 Å². The van der Waals surface area contributed by atoms with Crippen LogP contribution in [-0.2, 0) is 4.79 Å². The highest BCUT2D eigenvalue weighted by Gasteiger charge is 2.18. The number of hydrogen-bond acceptors (Lipinski definition) is 2. The summed E-state index contributed by atoms with van der Waals surface area (Å²) in [5, 5.41) is 12.3. The molecule has 0 bridgehead atoms. The summed E-state index contributed by atoms with van der Waals surface area (Å²) in [6.45, 7) is 6.03. The van der Waals surface area contributed by atoms with Gasteiger partial charge in [-0.3, -0.25) is 10.1 Å². The minimum Gasteiger partial charge on any atom is -0.480 e. The second kappa shape index (κ2) is 6.40. The zero-order chi connectivity index (χ0) is 12.8. The molecular formula is C14H21NO2. The molecule has 1 rings (SSSR count). The lowest BCUT2D eigenvalue weighted by molar-refractivity contribution is -0.139. The lowest BCUT2D eigenvalue weighted by Crippen LogP contribution is -2.38. The van der Waals surface area contributed by atoms with Crippen molar-refractivity contribution in [1.82, 2.24) is 5.32 Å². The molecule has 2 N–H and O–H groups in total. The molecule has 0 amide bonds. The van der Waals surface area contributed by atoms with Gasteiger partial charge < -0.3 is 5.11 Å². The second-order valence-corrected chi connectivity index (χ2v) is 4.48. The molecule has 0 fully saturated rings. The molecule has 94 valence electrons. The number of aliphatic carboxylic acids is 1. The van der Waals surface area contributed by atoms with Gasteiger partial charge in [-0.2, -0.15) is 0 Å².